The van der Waals surface area contributed by atoms with Crippen LogP contribution in [0.3, 0.4) is 0 Å². The molecule has 1 heterocycles. The SMILES string of the molecule is CCNCC(C)CN1C(=O)C(=O)c2ccccc21. The maximum absolute atomic E-state index is 11.9. The van der Waals surface area contributed by atoms with Crippen molar-refractivity contribution in [1.29, 1.82) is 0 Å². The van der Waals surface area contributed by atoms with Crippen LogP contribution in [-0.4, -0.2) is 31.3 Å². The van der Waals surface area contributed by atoms with Crippen LogP contribution >= 0.6 is 0 Å². The summed E-state index contributed by atoms with van der Waals surface area (Å²) < 4.78 is 0. The summed E-state index contributed by atoms with van der Waals surface area (Å²) in [5.41, 5.74) is 1.27. The lowest BCUT2D eigenvalue weighted by Gasteiger charge is -2.21. The standard InChI is InChI=1S/C14H18N2O2/c1-3-15-8-10(2)9-16-12-7-5-4-6-11(12)13(17)14(16)18/h4-7,10,15H,3,8-9H2,1-2H3. The molecule has 0 aliphatic carbocycles. The van der Waals surface area contributed by atoms with Crippen molar-refractivity contribution in [1.82, 2.24) is 5.32 Å². The largest absolute Gasteiger partial charge is 0.317 e. The van der Waals surface area contributed by atoms with Crippen LogP contribution in [-0.2, 0) is 4.79 Å². The molecule has 18 heavy (non-hydrogen) atoms. The molecule has 96 valence electrons. The number of amides is 1. The van der Waals surface area contributed by atoms with Gasteiger partial charge in [-0.15, -0.1) is 0 Å². The van der Waals surface area contributed by atoms with E-state index in [2.05, 4.69) is 12.2 Å². The molecule has 1 unspecified atom stereocenters. The first-order chi connectivity index (χ1) is 8.65. The second kappa shape index (κ2) is 5.31. The molecule has 1 aliphatic heterocycles. The molecule has 0 spiro atoms. The van der Waals surface area contributed by atoms with Crippen LogP contribution < -0.4 is 10.2 Å². The first-order valence-corrected chi connectivity index (χ1v) is 6.31. The number of hydrogen-bond donors (Lipinski definition) is 1. The van der Waals surface area contributed by atoms with Crippen LogP contribution in [0.2, 0.25) is 0 Å². The molecule has 0 fully saturated rings. The molecule has 0 radical (unpaired) electrons. The smallest absolute Gasteiger partial charge is 0.299 e. The van der Waals surface area contributed by atoms with Gasteiger partial charge in [0.25, 0.3) is 11.7 Å². The van der Waals surface area contributed by atoms with Gasteiger partial charge in [0.2, 0.25) is 0 Å². The number of para-hydroxylation sites is 1. The second-order valence-electron chi connectivity index (χ2n) is 4.67. The summed E-state index contributed by atoms with van der Waals surface area (Å²) in [7, 11) is 0. The lowest BCUT2D eigenvalue weighted by molar-refractivity contribution is -0.114. The highest BCUT2D eigenvalue weighted by atomic mass is 16.2. The Balaban J connectivity index is 2.14. The average Bonchev–Trinajstić information content (AvgIpc) is 2.62. The maximum Gasteiger partial charge on any atom is 0.299 e. The molecule has 1 N–H and O–H groups in total. The summed E-state index contributed by atoms with van der Waals surface area (Å²) >= 11 is 0. The van der Waals surface area contributed by atoms with Crippen LogP contribution in [0.5, 0.6) is 0 Å². The Morgan fingerprint density at radius 1 is 1.28 bits per heavy atom. The van der Waals surface area contributed by atoms with E-state index < -0.39 is 5.91 Å². The Labute approximate surface area is 107 Å². The van der Waals surface area contributed by atoms with E-state index >= 15 is 0 Å². The molecule has 2 rings (SSSR count). The van der Waals surface area contributed by atoms with Crippen molar-refractivity contribution in [3.63, 3.8) is 0 Å². The first-order valence-electron chi connectivity index (χ1n) is 6.31. The van der Waals surface area contributed by atoms with E-state index in [1.54, 1.807) is 17.0 Å². The lowest BCUT2D eigenvalue weighted by atomic mass is 10.1. The van der Waals surface area contributed by atoms with Gasteiger partial charge in [0, 0.05) is 6.54 Å². The van der Waals surface area contributed by atoms with Gasteiger partial charge in [-0.3, -0.25) is 9.59 Å². The van der Waals surface area contributed by atoms with E-state index in [9.17, 15) is 9.59 Å². The van der Waals surface area contributed by atoms with Gasteiger partial charge in [-0.2, -0.15) is 0 Å². The third-order valence-electron chi connectivity index (χ3n) is 3.12. The van der Waals surface area contributed by atoms with Gasteiger partial charge < -0.3 is 10.2 Å². The Kier molecular flexibility index (Phi) is 3.77. The van der Waals surface area contributed by atoms with Gasteiger partial charge in [0.15, 0.2) is 0 Å². The van der Waals surface area contributed by atoms with E-state index in [0.717, 1.165) is 18.8 Å². The third kappa shape index (κ3) is 2.29. The lowest BCUT2D eigenvalue weighted by Crippen LogP contribution is -2.36. The molecule has 0 saturated heterocycles. The topological polar surface area (TPSA) is 49.4 Å². The summed E-state index contributed by atoms with van der Waals surface area (Å²) in [6.45, 7) is 6.45. The summed E-state index contributed by atoms with van der Waals surface area (Å²) in [6, 6.07) is 7.19. The zero-order chi connectivity index (χ0) is 13.1. The number of Topliss-reactive ketones (excluding diaryl/α,β-unsaturated/α-hetero) is 1. The fourth-order valence-corrected chi connectivity index (χ4v) is 2.20. The van der Waals surface area contributed by atoms with E-state index in [1.807, 2.05) is 19.1 Å². The second-order valence-corrected chi connectivity index (χ2v) is 4.67. The maximum atomic E-state index is 11.9. The number of fused-ring (bicyclic) bond motifs is 1. The molecular formula is C14H18N2O2. The van der Waals surface area contributed by atoms with Gasteiger partial charge in [0.1, 0.15) is 0 Å². The molecule has 0 aromatic heterocycles. The minimum absolute atomic E-state index is 0.313. The highest BCUT2D eigenvalue weighted by Crippen LogP contribution is 2.28. The number of anilines is 1. The van der Waals surface area contributed by atoms with Crippen molar-refractivity contribution in [2.75, 3.05) is 24.5 Å². The van der Waals surface area contributed by atoms with Crippen molar-refractivity contribution in [3.8, 4) is 0 Å². The van der Waals surface area contributed by atoms with E-state index in [0.29, 0.717) is 18.0 Å². The van der Waals surface area contributed by atoms with E-state index in [4.69, 9.17) is 0 Å². The number of hydrogen-bond acceptors (Lipinski definition) is 3. The van der Waals surface area contributed by atoms with Gasteiger partial charge in [-0.1, -0.05) is 26.0 Å². The quantitative estimate of drug-likeness (QED) is 0.800. The normalized spacial score (nSPS) is 16.0. The molecule has 4 nitrogen and oxygen atoms in total. The Hall–Kier alpha value is -1.68. The van der Waals surface area contributed by atoms with Gasteiger partial charge in [-0.25, -0.2) is 0 Å². The monoisotopic (exact) mass is 246 g/mol. The predicted molar refractivity (Wildman–Crippen MR) is 70.8 cm³/mol. The van der Waals surface area contributed by atoms with Crippen molar-refractivity contribution in [3.05, 3.63) is 29.8 Å². The van der Waals surface area contributed by atoms with Crippen molar-refractivity contribution in [2.24, 2.45) is 5.92 Å². The predicted octanol–water partition coefficient (Wildman–Crippen LogP) is 1.46. The van der Waals surface area contributed by atoms with Crippen molar-refractivity contribution < 1.29 is 9.59 Å². The van der Waals surface area contributed by atoms with Crippen LogP contribution in [0.1, 0.15) is 24.2 Å². The molecule has 1 aliphatic rings. The fraction of sp³-hybridized carbons (Fsp3) is 0.429. The third-order valence-corrected chi connectivity index (χ3v) is 3.12. The molecule has 1 aromatic rings. The Morgan fingerprint density at radius 3 is 2.72 bits per heavy atom. The van der Waals surface area contributed by atoms with E-state index in [-0.39, 0.29) is 5.78 Å². The number of rotatable bonds is 5. The number of carbonyl (C=O) groups excluding carboxylic acids is 2. The van der Waals surface area contributed by atoms with Crippen molar-refractivity contribution >= 4 is 17.4 Å². The number of nitrogens with one attached hydrogen (secondary N) is 1. The fourth-order valence-electron chi connectivity index (χ4n) is 2.20. The van der Waals surface area contributed by atoms with Crippen molar-refractivity contribution in [2.45, 2.75) is 13.8 Å². The van der Waals surface area contributed by atoms with Crippen LogP contribution in [0.4, 0.5) is 5.69 Å². The van der Waals surface area contributed by atoms with Gasteiger partial charge in [-0.05, 0) is 31.1 Å². The van der Waals surface area contributed by atoms with Crippen LogP contribution in [0, 0.1) is 5.92 Å². The Morgan fingerprint density at radius 2 is 2.00 bits per heavy atom. The van der Waals surface area contributed by atoms with Crippen LogP contribution in [0.25, 0.3) is 0 Å². The molecular weight excluding hydrogens is 228 g/mol. The summed E-state index contributed by atoms with van der Waals surface area (Å²) in [5, 5.41) is 3.25. The highest BCUT2D eigenvalue weighted by molar-refractivity contribution is 6.52. The van der Waals surface area contributed by atoms with Gasteiger partial charge in [0.05, 0.1) is 11.3 Å². The Bertz CT molecular complexity index is 471. The zero-order valence-electron chi connectivity index (χ0n) is 10.8. The minimum atomic E-state index is -0.403. The molecule has 0 saturated carbocycles. The molecule has 1 aromatic carbocycles. The number of carbonyl (C=O) groups is 2. The average molecular weight is 246 g/mol. The number of nitrogens with zero attached hydrogens (tertiary/aromatic N) is 1. The zero-order valence-corrected chi connectivity index (χ0v) is 10.8. The molecule has 4 heteroatoms. The van der Waals surface area contributed by atoms with E-state index in [1.165, 1.54) is 0 Å². The summed E-state index contributed by atoms with van der Waals surface area (Å²) in [6.07, 6.45) is 0. The number of benzene rings is 1. The molecule has 0 bridgehead atoms. The van der Waals surface area contributed by atoms with Crippen LogP contribution in [0.15, 0.2) is 24.3 Å². The molecule has 1 amide bonds. The summed E-state index contributed by atoms with van der Waals surface area (Å²) in [4.78, 5) is 25.3. The van der Waals surface area contributed by atoms with Gasteiger partial charge >= 0.3 is 0 Å². The molecule has 1 atom stereocenters. The first kappa shape index (κ1) is 12.8. The number of ketones is 1. The highest BCUT2D eigenvalue weighted by Gasteiger charge is 2.35. The minimum Gasteiger partial charge on any atom is -0.317 e. The summed E-state index contributed by atoms with van der Waals surface area (Å²) in [5.74, 6) is -0.478.